The normalized spacial score (nSPS) is 11.5. The van der Waals surface area contributed by atoms with Crippen LogP contribution in [0.2, 0.25) is 0 Å². The average Bonchev–Trinajstić information content (AvgIpc) is 3.23. The van der Waals surface area contributed by atoms with Crippen LogP contribution in [-0.2, 0) is 0 Å². The lowest BCUT2D eigenvalue weighted by Crippen LogP contribution is -1.97. The van der Waals surface area contributed by atoms with Crippen LogP contribution < -0.4 is 0 Å². The van der Waals surface area contributed by atoms with Crippen LogP contribution in [0.15, 0.2) is 194 Å². The molecule has 1 heterocycles. The molecule has 2 heteroatoms. The molecule has 0 aliphatic carbocycles. The number of aromatic nitrogens is 2. The average molecular weight is 661 g/mol. The highest BCUT2D eigenvalue weighted by Crippen LogP contribution is 2.40. The van der Waals surface area contributed by atoms with Crippen molar-refractivity contribution in [2.45, 2.75) is 0 Å². The van der Waals surface area contributed by atoms with Gasteiger partial charge in [0, 0.05) is 16.7 Å². The molecule has 52 heavy (non-hydrogen) atoms. The quantitative estimate of drug-likeness (QED) is 0.172. The highest BCUT2D eigenvalue weighted by atomic mass is 14.9. The van der Waals surface area contributed by atoms with E-state index >= 15 is 0 Å². The van der Waals surface area contributed by atoms with Crippen LogP contribution in [0.5, 0.6) is 0 Å². The first-order valence-electron chi connectivity index (χ1n) is 17.7. The molecular weight excluding hydrogens is 629 g/mol. The Bertz CT molecular complexity index is 2950. The molecule has 0 aliphatic heterocycles. The maximum Gasteiger partial charge on any atom is 0.160 e. The second kappa shape index (κ2) is 12.5. The maximum atomic E-state index is 5.27. The molecule has 10 rings (SSSR count). The fourth-order valence-electron chi connectivity index (χ4n) is 7.71. The van der Waals surface area contributed by atoms with E-state index in [0.29, 0.717) is 5.82 Å². The van der Waals surface area contributed by atoms with Crippen molar-refractivity contribution in [1.82, 2.24) is 9.97 Å². The van der Waals surface area contributed by atoms with Crippen molar-refractivity contribution in [3.8, 4) is 56.2 Å². The van der Waals surface area contributed by atoms with E-state index in [1.54, 1.807) is 0 Å². The van der Waals surface area contributed by atoms with E-state index in [9.17, 15) is 0 Å². The van der Waals surface area contributed by atoms with Crippen LogP contribution in [0, 0.1) is 0 Å². The van der Waals surface area contributed by atoms with Crippen LogP contribution in [-0.4, -0.2) is 9.97 Å². The molecule has 0 saturated heterocycles. The van der Waals surface area contributed by atoms with Gasteiger partial charge in [-0.3, -0.25) is 0 Å². The largest absolute Gasteiger partial charge is 0.228 e. The molecule has 0 radical (unpaired) electrons. The van der Waals surface area contributed by atoms with Gasteiger partial charge in [-0.25, -0.2) is 9.97 Å². The van der Waals surface area contributed by atoms with Gasteiger partial charge in [0.2, 0.25) is 0 Å². The Hall–Kier alpha value is -6.90. The van der Waals surface area contributed by atoms with Gasteiger partial charge in [0.05, 0.1) is 11.4 Å². The highest BCUT2D eigenvalue weighted by Gasteiger charge is 2.17. The van der Waals surface area contributed by atoms with Crippen molar-refractivity contribution in [2.75, 3.05) is 0 Å². The molecule has 9 aromatic carbocycles. The van der Waals surface area contributed by atoms with Crippen molar-refractivity contribution in [2.24, 2.45) is 0 Å². The maximum absolute atomic E-state index is 5.27. The van der Waals surface area contributed by atoms with E-state index in [1.807, 2.05) is 18.2 Å². The summed E-state index contributed by atoms with van der Waals surface area (Å²) in [5, 5.41) is 9.74. The Morgan fingerprint density at radius 3 is 1.54 bits per heavy atom. The molecular formula is C50H32N2. The summed E-state index contributed by atoms with van der Waals surface area (Å²) in [5.41, 5.74) is 9.68. The number of benzene rings is 9. The third-order valence-corrected chi connectivity index (χ3v) is 10.3. The zero-order valence-electron chi connectivity index (χ0n) is 28.4. The fourth-order valence-corrected chi connectivity index (χ4v) is 7.71. The SMILES string of the molecule is c1ccc(-c2cc(-c3cc(-c4ccc(-c5ccc6c(ccc7ccccc76)c5)c5ccccc45)nc(-c4ccccc4)n3)c3ccccc3c2)cc1. The molecule has 0 N–H and O–H groups in total. The lowest BCUT2D eigenvalue weighted by atomic mass is 9.91. The predicted octanol–water partition coefficient (Wildman–Crippen LogP) is 13.4. The van der Waals surface area contributed by atoms with E-state index in [2.05, 4.69) is 176 Å². The summed E-state index contributed by atoms with van der Waals surface area (Å²) in [7, 11) is 0. The van der Waals surface area contributed by atoms with Gasteiger partial charge in [-0.15, -0.1) is 0 Å². The summed E-state index contributed by atoms with van der Waals surface area (Å²) >= 11 is 0. The molecule has 0 fully saturated rings. The van der Waals surface area contributed by atoms with Gasteiger partial charge < -0.3 is 0 Å². The molecule has 2 nitrogen and oxygen atoms in total. The Kier molecular flexibility index (Phi) is 7.18. The Morgan fingerprint density at radius 1 is 0.250 bits per heavy atom. The smallest absolute Gasteiger partial charge is 0.160 e. The van der Waals surface area contributed by atoms with Crippen LogP contribution in [0.25, 0.3) is 99.2 Å². The minimum absolute atomic E-state index is 0.706. The molecule has 0 unspecified atom stereocenters. The van der Waals surface area contributed by atoms with Gasteiger partial charge in [-0.1, -0.05) is 170 Å². The van der Waals surface area contributed by atoms with Gasteiger partial charge in [-0.05, 0) is 89.6 Å². The molecule has 0 spiro atoms. The molecule has 0 amide bonds. The van der Waals surface area contributed by atoms with Gasteiger partial charge in [0.15, 0.2) is 5.82 Å². The van der Waals surface area contributed by atoms with Gasteiger partial charge in [0.1, 0.15) is 0 Å². The van der Waals surface area contributed by atoms with E-state index in [-0.39, 0.29) is 0 Å². The first-order chi connectivity index (χ1) is 25.8. The highest BCUT2D eigenvalue weighted by molar-refractivity contribution is 6.10. The number of fused-ring (bicyclic) bond motifs is 5. The Morgan fingerprint density at radius 2 is 0.769 bits per heavy atom. The molecule has 10 aromatic rings. The van der Waals surface area contributed by atoms with Crippen molar-refractivity contribution >= 4 is 43.1 Å². The van der Waals surface area contributed by atoms with Crippen molar-refractivity contribution in [1.29, 1.82) is 0 Å². The Labute approximate surface area is 302 Å². The van der Waals surface area contributed by atoms with Crippen LogP contribution >= 0.6 is 0 Å². The number of hydrogen-bond donors (Lipinski definition) is 0. The minimum Gasteiger partial charge on any atom is -0.228 e. The zero-order valence-corrected chi connectivity index (χ0v) is 28.4. The van der Waals surface area contributed by atoms with E-state index in [4.69, 9.17) is 9.97 Å². The van der Waals surface area contributed by atoms with Gasteiger partial charge in [0.25, 0.3) is 0 Å². The third-order valence-electron chi connectivity index (χ3n) is 10.3. The molecule has 0 bridgehead atoms. The molecule has 1 aromatic heterocycles. The van der Waals surface area contributed by atoms with Crippen molar-refractivity contribution < 1.29 is 0 Å². The van der Waals surface area contributed by atoms with Crippen molar-refractivity contribution in [3.63, 3.8) is 0 Å². The summed E-state index contributed by atoms with van der Waals surface area (Å²) in [5.74, 6) is 0.706. The second-order valence-electron chi connectivity index (χ2n) is 13.4. The molecule has 0 atom stereocenters. The zero-order chi connectivity index (χ0) is 34.4. The number of nitrogens with zero attached hydrogens (tertiary/aromatic N) is 2. The van der Waals surface area contributed by atoms with Crippen molar-refractivity contribution in [3.05, 3.63) is 194 Å². The van der Waals surface area contributed by atoms with Crippen LogP contribution in [0.4, 0.5) is 0 Å². The van der Waals surface area contributed by atoms with E-state index in [0.717, 1.165) is 44.4 Å². The summed E-state index contributed by atoms with van der Waals surface area (Å²) in [6.07, 6.45) is 0. The first kappa shape index (κ1) is 30.0. The van der Waals surface area contributed by atoms with Crippen LogP contribution in [0.3, 0.4) is 0 Å². The topological polar surface area (TPSA) is 25.8 Å². The summed E-state index contributed by atoms with van der Waals surface area (Å²) < 4.78 is 0. The van der Waals surface area contributed by atoms with Crippen LogP contribution in [0.1, 0.15) is 0 Å². The van der Waals surface area contributed by atoms with Gasteiger partial charge >= 0.3 is 0 Å². The Balaban J connectivity index is 1.18. The molecule has 0 saturated carbocycles. The fraction of sp³-hybridized carbons (Fsp3) is 0. The van der Waals surface area contributed by atoms with E-state index in [1.165, 1.54) is 49.0 Å². The lowest BCUT2D eigenvalue weighted by molar-refractivity contribution is 1.19. The lowest BCUT2D eigenvalue weighted by Gasteiger charge is -2.16. The summed E-state index contributed by atoms with van der Waals surface area (Å²) in [4.78, 5) is 10.5. The van der Waals surface area contributed by atoms with Gasteiger partial charge in [-0.2, -0.15) is 0 Å². The summed E-state index contributed by atoms with van der Waals surface area (Å²) in [6.45, 7) is 0. The monoisotopic (exact) mass is 660 g/mol. The second-order valence-corrected chi connectivity index (χ2v) is 13.4. The summed E-state index contributed by atoms with van der Waals surface area (Å²) in [6, 6.07) is 69.3. The molecule has 242 valence electrons. The first-order valence-corrected chi connectivity index (χ1v) is 17.7. The third kappa shape index (κ3) is 5.21. The molecule has 0 aliphatic rings. The van der Waals surface area contributed by atoms with E-state index < -0.39 is 0 Å². The number of rotatable bonds is 5. The minimum atomic E-state index is 0.706. The standard InChI is InChI=1S/C50H32N2/c1-3-13-33(14-4-1)39-30-36-18-8-10-20-41(36)47(31-39)49-32-48(51-50(52-49)35-16-5-2-6-17-35)46-28-27-43(44-21-11-12-22-45(44)46)38-25-26-42-37(29-38)24-23-34-15-7-9-19-40(34)42/h1-32H. The number of hydrogen-bond acceptors (Lipinski definition) is 2. The predicted molar refractivity (Wildman–Crippen MR) is 219 cm³/mol.